The second-order valence-corrected chi connectivity index (χ2v) is 7.38. The average molecular weight is 462 g/mol. The maximum absolute atomic E-state index is 12.8. The molecule has 0 aliphatic heterocycles. The van der Waals surface area contributed by atoms with E-state index >= 15 is 0 Å². The summed E-state index contributed by atoms with van der Waals surface area (Å²) in [6.07, 6.45) is 0.845. The number of aryl methyl sites for hydroxylation is 1. The zero-order valence-corrected chi connectivity index (χ0v) is 20.5. The summed E-state index contributed by atoms with van der Waals surface area (Å²) in [7, 11) is 1.66. The van der Waals surface area contributed by atoms with Crippen molar-refractivity contribution in [2.45, 2.75) is 47.6 Å². The number of benzene rings is 1. The minimum Gasteiger partial charge on any atom is -0.490 e. The normalized spacial score (nSPS) is 10.7. The highest BCUT2D eigenvalue weighted by Gasteiger charge is 2.21. The zero-order chi connectivity index (χ0) is 24.4. The number of nitrogens with zero attached hydrogens (tertiary/aromatic N) is 1. The van der Waals surface area contributed by atoms with E-state index in [-0.39, 0.29) is 18.0 Å². The van der Waals surface area contributed by atoms with Crippen LogP contribution in [0.25, 0.3) is 0 Å². The van der Waals surface area contributed by atoms with Crippen LogP contribution in [0.1, 0.15) is 59.3 Å². The Balaban J connectivity index is 2.17. The Bertz CT molecular complexity index is 921. The van der Waals surface area contributed by atoms with Gasteiger partial charge in [-0.3, -0.25) is 4.79 Å². The number of Topliss-reactive ketones (excluding diaryl/α,β-unsaturated/α-hetero) is 1. The van der Waals surface area contributed by atoms with Gasteiger partial charge in [0, 0.05) is 37.2 Å². The zero-order valence-electron chi connectivity index (χ0n) is 20.5. The Kier molecular flexibility index (Phi) is 10.3. The molecule has 0 saturated heterocycles. The Morgan fingerprint density at radius 2 is 1.52 bits per heavy atom. The first-order valence-electron chi connectivity index (χ1n) is 11.3. The number of carbonyl (C=O) groups is 2. The van der Waals surface area contributed by atoms with Crippen LogP contribution in [0.5, 0.6) is 17.2 Å². The van der Waals surface area contributed by atoms with Gasteiger partial charge in [-0.1, -0.05) is 0 Å². The van der Waals surface area contributed by atoms with Crippen LogP contribution in [0.3, 0.4) is 0 Å². The molecule has 8 heteroatoms. The molecule has 0 bridgehead atoms. The van der Waals surface area contributed by atoms with E-state index in [4.69, 9.17) is 23.7 Å². The molecular weight excluding hydrogens is 426 g/mol. The van der Waals surface area contributed by atoms with Crippen molar-refractivity contribution in [3.8, 4) is 17.2 Å². The fraction of sp³-hybridized carbons (Fsp3) is 0.520. The largest absolute Gasteiger partial charge is 0.490 e. The minimum atomic E-state index is -0.637. The van der Waals surface area contributed by atoms with Crippen molar-refractivity contribution >= 4 is 11.8 Å². The molecule has 0 saturated carbocycles. The molecule has 0 amide bonds. The van der Waals surface area contributed by atoms with E-state index in [2.05, 4.69) is 4.57 Å². The molecule has 0 fully saturated rings. The molecule has 8 nitrogen and oxygen atoms in total. The van der Waals surface area contributed by atoms with Gasteiger partial charge in [0.25, 0.3) is 0 Å². The third-order valence-corrected chi connectivity index (χ3v) is 5.08. The van der Waals surface area contributed by atoms with Crippen LogP contribution in [0.2, 0.25) is 0 Å². The van der Waals surface area contributed by atoms with Crippen molar-refractivity contribution in [3.63, 3.8) is 0 Å². The number of aromatic nitrogens is 1. The summed E-state index contributed by atoms with van der Waals surface area (Å²) >= 11 is 0. The molecule has 0 atom stereocenters. The molecule has 1 aromatic heterocycles. The molecular formula is C25H35NO7. The van der Waals surface area contributed by atoms with Crippen LogP contribution in [0.15, 0.2) is 18.2 Å². The number of methoxy groups -OCH3 is 1. The molecule has 33 heavy (non-hydrogen) atoms. The third-order valence-electron chi connectivity index (χ3n) is 5.08. The fourth-order valence-electron chi connectivity index (χ4n) is 3.59. The van der Waals surface area contributed by atoms with E-state index in [9.17, 15) is 9.59 Å². The summed E-state index contributed by atoms with van der Waals surface area (Å²) < 4.78 is 29.5. The van der Waals surface area contributed by atoms with E-state index in [1.807, 2.05) is 40.7 Å². The molecule has 0 radical (unpaired) electrons. The van der Waals surface area contributed by atoms with Gasteiger partial charge in [0.15, 0.2) is 18.1 Å². The summed E-state index contributed by atoms with van der Waals surface area (Å²) in [5.74, 6) is 0.332. The van der Waals surface area contributed by atoms with Gasteiger partial charge in [0.1, 0.15) is 0 Å². The van der Waals surface area contributed by atoms with E-state index in [0.717, 1.165) is 24.4 Å². The van der Waals surface area contributed by atoms with Crippen LogP contribution >= 0.6 is 0 Å². The average Bonchev–Trinajstić information content (AvgIpc) is 3.08. The number of rotatable bonds is 14. The fourth-order valence-corrected chi connectivity index (χ4v) is 3.59. The Labute approximate surface area is 195 Å². The molecule has 0 unspecified atom stereocenters. The highest BCUT2D eigenvalue weighted by atomic mass is 16.5. The predicted molar refractivity (Wildman–Crippen MR) is 125 cm³/mol. The van der Waals surface area contributed by atoms with Crippen molar-refractivity contribution < 1.29 is 33.3 Å². The first kappa shape index (κ1) is 26.3. The van der Waals surface area contributed by atoms with Crippen LogP contribution in [-0.4, -0.2) is 56.5 Å². The maximum atomic E-state index is 12.8. The number of ketones is 1. The van der Waals surface area contributed by atoms with E-state index in [0.29, 0.717) is 49.2 Å². The van der Waals surface area contributed by atoms with Gasteiger partial charge in [-0.25, -0.2) is 4.79 Å². The van der Waals surface area contributed by atoms with Gasteiger partial charge in [-0.05, 0) is 59.2 Å². The topological polar surface area (TPSA) is 85.2 Å². The molecule has 0 aliphatic carbocycles. The van der Waals surface area contributed by atoms with Crippen molar-refractivity contribution in [2.24, 2.45) is 0 Å². The lowest BCUT2D eigenvalue weighted by atomic mass is 10.1. The number of hydrogen-bond acceptors (Lipinski definition) is 7. The predicted octanol–water partition coefficient (Wildman–Crippen LogP) is 4.38. The van der Waals surface area contributed by atoms with E-state index in [1.165, 1.54) is 0 Å². The van der Waals surface area contributed by atoms with Crippen molar-refractivity contribution in [1.82, 2.24) is 4.57 Å². The molecule has 2 aromatic rings. The van der Waals surface area contributed by atoms with Crippen LogP contribution in [-0.2, 0) is 16.0 Å². The summed E-state index contributed by atoms with van der Waals surface area (Å²) in [4.78, 5) is 25.5. The number of esters is 1. The number of ether oxygens (including phenoxy) is 5. The lowest BCUT2D eigenvalue weighted by molar-refractivity contribution is 0.0473. The van der Waals surface area contributed by atoms with Crippen LogP contribution < -0.4 is 14.2 Å². The smallest absolute Gasteiger partial charge is 0.338 e. The highest BCUT2D eigenvalue weighted by molar-refractivity contribution is 6.00. The molecule has 1 heterocycles. The summed E-state index contributed by atoms with van der Waals surface area (Å²) in [5.41, 5.74) is 2.60. The van der Waals surface area contributed by atoms with Gasteiger partial charge in [0.05, 0.1) is 25.4 Å². The van der Waals surface area contributed by atoms with Crippen molar-refractivity contribution in [1.29, 1.82) is 0 Å². The quantitative estimate of drug-likeness (QED) is 0.234. The molecule has 0 N–H and O–H groups in total. The van der Waals surface area contributed by atoms with Gasteiger partial charge in [-0.2, -0.15) is 0 Å². The second-order valence-electron chi connectivity index (χ2n) is 7.38. The first-order valence-corrected chi connectivity index (χ1v) is 11.3. The second kappa shape index (κ2) is 12.9. The van der Waals surface area contributed by atoms with Gasteiger partial charge < -0.3 is 28.3 Å². The summed E-state index contributed by atoms with van der Waals surface area (Å²) in [6, 6.07) is 4.92. The molecule has 2 rings (SSSR count). The summed E-state index contributed by atoms with van der Waals surface area (Å²) in [5, 5.41) is 0. The Morgan fingerprint density at radius 1 is 0.909 bits per heavy atom. The lowest BCUT2D eigenvalue weighted by Gasteiger charge is -2.16. The Morgan fingerprint density at radius 3 is 2.06 bits per heavy atom. The van der Waals surface area contributed by atoms with Crippen LogP contribution in [0.4, 0.5) is 0 Å². The molecule has 0 aliphatic rings. The number of carbonyl (C=O) groups excluding carboxylic acids is 2. The standard InChI is InChI=1S/C25H35NO7/c1-7-30-22-14-19(15-23(31-8-2)24(22)32-9-3)25(28)33-16-21(27)20-13-17(4)26(18(20)5)11-10-12-29-6/h13-15H,7-12,16H2,1-6H3. The van der Waals surface area contributed by atoms with Crippen molar-refractivity contribution in [3.05, 3.63) is 40.7 Å². The van der Waals surface area contributed by atoms with E-state index in [1.54, 1.807) is 19.2 Å². The molecule has 1 aromatic carbocycles. The van der Waals surface area contributed by atoms with Crippen LogP contribution in [0, 0.1) is 13.8 Å². The van der Waals surface area contributed by atoms with Crippen molar-refractivity contribution in [2.75, 3.05) is 40.1 Å². The first-order chi connectivity index (χ1) is 15.9. The van der Waals surface area contributed by atoms with Gasteiger partial charge >= 0.3 is 5.97 Å². The van der Waals surface area contributed by atoms with Gasteiger partial charge in [-0.15, -0.1) is 0 Å². The SMILES string of the molecule is CCOc1cc(C(=O)OCC(=O)c2cc(C)n(CCCOC)c2C)cc(OCC)c1OCC. The molecule has 182 valence electrons. The third kappa shape index (κ3) is 6.74. The molecule has 0 spiro atoms. The minimum absolute atomic E-state index is 0.225. The maximum Gasteiger partial charge on any atom is 0.338 e. The summed E-state index contributed by atoms with van der Waals surface area (Å²) in [6.45, 7) is 11.6. The monoisotopic (exact) mass is 461 g/mol. The van der Waals surface area contributed by atoms with Gasteiger partial charge in [0.2, 0.25) is 11.5 Å². The number of hydrogen-bond donors (Lipinski definition) is 0. The Hall–Kier alpha value is -3.00. The van der Waals surface area contributed by atoms with E-state index < -0.39 is 5.97 Å². The lowest BCUT2D eigenvalue weighted by Crippen LogP contribution is -2.16. The highest BCUT2D eigenvalue weighted by Crippen LogP contribution is 2.39.